The maximum atomic E-state index is 12.0. The van der Waals surface area contributed by atoms with Gasteiger partial charge in [0, 0.05) is 13.2 Å². The molecule has 8 heteroatoms. The summed E-state index contributed by atoms with van der Waals surface area (Å²) in [5.74, 6) is -1.14. The summed E-state index contributed by atoms with van der Waals surface area (Å²) in [6.45, 7) is 6.53. The van der Waals surface area contributed by atoms with Gasteiger partial charge in [-0.3, -0.25) is 4.79 Å². The number of aromatic carboxylic acids is 1. The summed E-state index contributed by atoms with van der Waals surface area (Å²) >= 11 is 0. The van der Waals surface area contributed by atoms with Crippen molar-refractivity contribution < 1.29 is 28.9 Å². The smallest absolute Gasteiger partial charge is 0.335 e. The predicted octanol–water partition coefficient (Wildman–Crippen LogP) is 1.23. The molecule has 0 aromatic heterocycles. The Morgan fingerprint density at radius 3 is 2.48 bits per heavy atom. The van der Waals surface area contributed by atoms with Crippen LogP contribution in [0.15, 0.2) is 18.2 Å². The first-order chi connectivity index (χ1) is 11.9. The summed E-state index contributed by atoms with van der Waals surface area (Å²) in [4.78, 5) is 25.0. The first-order valence-corrected chi connectivity index (χ1v) is 8.22. The van der Waals surface area contributed by atoms with E-state index in [1.807, 2.05) is 13.8 Å². The van der Waals surface area contributed by atoms with Crippen LogP contribution in [-0.4, -0.2) is 55.2 Å². The number of amides is 1. The van der Waals surface area contributed by atoms with E-state index in [2.05, 4.69) is 0 Å². The lowest BCUT2D eigenvalue weighted by atomic mass is 10.0. The van der Waals surface area contributed by atoms with E-state index in [-0.39, 0.29) is 12.1 Å². The van der Waals surface area contributed by atoms with Crippen molar-refractivity contribution in [2.75, 3.05) is 24.7 Å². The zero-order valence-corrected chi connectivity index (χ0v) is 14.6. The minimum Gasteiger partial charge on any atom is -0.486 e. The number of primary amides is 1. The monoisotopic (exact) mass is 352 g/mol. The van der Waals surface area contributed by atoms with E-state index < -0.39 is 30.3 Å². The lowest BCUT2D eigenvalue weighted by molar-refractivity contribution is -0.133. The van der Waals surface area contributed by atoms with Gasteiger partial charge >= 0.3 is 5.97 Å². The van der Waals surface area contributed by atoms with Gasteiger partial charge in [0.15, 0.2) is 6.29 Å². The highest BCUT2D eigenvalue weighted by molar-refractivity contribution is 5.91. The Morgan fingerprint density at radius 2 is 1.96 bits per heavy atom. The normalized spacial score (nSPS) is 19.4. The second kappa shape index (κ2) is 8.17. The van der Waals surface area contributed by atoms with Gasteiger partial charge in [0.2, 0.25) is 5.91 Å². The van der Waals surface area contributed by atoms with Crippen LogP contribution in [-0.2, 0) is 14.3 Å². The Morgan fingerprint density at radius 1 is 1.32 bits per heavy atom. The van der Waals surface area contributed by atoms with Crippen molar-refractivity contribution in [3.63, 3.8) is 0 Å². The lowest BCUT2D eigenvalue weighted by Crippen LogP contribution is -2.57. The molecule has 0 fully saturated rings. The van der Waals surface area contributed by atoms with Gasteiger partial charge < -0.3 is 30.0 Å². The van der Waals surface area contributed by atoms with E-state index in [4.69, 9.17) is 19.9 Å². The van der Waals surface area contributed by atoms with Crippen LogP contribution >= 0.6 is 0 Å². The van der Waals surface area contributed by atoms with E-state index in [0.29, 0.717) is 24.7 Å². The second-order valence-electron chi connectivity index (χ2n) is 5.65. The molecule has 25 heavy (non-hydrogen) atoms. The molecule has 0 radical (unpaired) electrons. The van der Waals surface area contributed by atoms with Crippen LogP contribution in [0.25, 0.3) is 0 Å². The highest BCUT2D eigenvalue weighted by atomic mass is 16.7. The SMILES string of the molecule is CCOC(CN1c2cc(C(=O)O)ccc2OC(C)C1C(N)=O)OCC. The number of anilines is 1. The fourth-order valence-corrected chi connectivity index (χ4v) is 2.93. The molecule has 3 N–H and O–H groups in total. The standard InChI is InChI=1S/C17H24N2O6/c1-4-23-14(24-5-2)9-19-12-8-11(17(21)22)6-7-13(12)25-10(3)15(19)16(18)20/h6-8,10,14-15H,4-5,9H2,1-3H3,(H2,18,20)(H,21,22). The number of rotatable bonds is 8. The van der Waals surface area contributed by atoms with E-state index >= 15 is 0 Å². The molecule has 1 aromatic rings. The summed E-state index contributed by atoms with van der Waals surface area (Å²) in [5, 5.41) is 9.25. The molecule has 1 aliphatic heterocycles. The molecule has 1 aromatic carbocycles. The van der Waals surface area contributed by atoms with Crippen LogP contribution in [0.1, 0.15) is 31.1 Å². The Kier molecular flexibility index (Phi) is 6.22. The predicted molar refractivity (Wildman–Crippen MR) is 90.9 cm³/mol. The zero-order valence-electron chi connectivity index (χ0n) is 14.6. The van der Waals surface area contributed by atoms with Gasteiger partial charge in [0.05, 0.1) is 17.8 Å². The van der Waals surface area contributed by atoms with Gasteiger partial charge in [-0.05, 0) is 39.0 Å². The number of hydrogen-bond acceptors (Lipinski definition) is 6. The van der Waals surface area contributed by atoms with Gasteiger partial charge in [-0.15, -0.1) is 0 Å². The molecule has 1 aliphatic rings. The van der Waals surface area contributed by atoms with E-state index in [1.165, 1.54) is 12.1 Å². The highest BCUT2D eigenvalue weighted by Crippen LogP contribution is 2.37. The van der Waals surface area contributed by atoms with E-state index in [0.717, 1.165) is 0 Å². The summed E-state index contributed by atoms with van der Waals surface area (Å²) in [7, 11) is 0. The van der Waals surface area contributed by atoms with Crippen LogP contribution in [0.4, 0.5) is 5.69 Å². The summed E-state index contributed by atoms with van der Waals surface area (Å²) in [6, 6.07) is 3.74. The molecule has 2 atom stereocenters. The van der Waals surface area contributed by atoms with E-state index in [9.17, 15) is 14.7 Å². The minimum atomic E-state index is -1.07. The zero-order chi connectivity index (χ0) is 18.6. The summed E-state index contributed by atoms with van der Waals surface area (Å²) in [6.07, 6.45) is -1.08. The maximum Gasteiger partial charge on any atom is 0.335 e. The highest BCUT2D eigenvalue weighted by Gasteiger charge is 2.38. The largest absolute Gasteiger partial charge is 0.486 e. The topological polar surface area (TPSA) is 111 Å². The molecule has 0 bridgehead atoms. The second-order valence-corrected chi connectivity index (χ2v) is 5.65. The van der Waals surface area contributed by atoms with Crippen LogP contribution in [0, 0.1) is 0 Å². The molecular formula is C17H24N2O6. The van der Waals surface area contributed by atoms with Crippen LogP contribution < -0.4 is 15.4 Å². The molecule has 138 valence electrons. The number of nitrogens with two attached hydrogens (primary N) is 1. The van der Waals surface area contributed by atoms with Crippen molar-refractivity contribution in [2.24, 2.45) is 5.73 Å². The average molecular weight is 352 g/mol. The molecule has 8 nitrogen and oxygen atoms in total. The average Bonchev–Trinajstić information content (AvgIpc) is 2.54. The van der Waals surface area contributed by atoms with Crippen molar-refractivity contribution in [1.82, 2.24) is 0 Å². The number of carboxylic acids is 1. The number of carbonyl (C=O) groups excluding carboxylic acids is 1. The van der Waals surface area contributed by atoms with Crippen molar-refractivity contribution in [1.29, 1.82) is 0 Å². The molecule has 2 unspecified atom stereocenters. The number of benzene rings is 1. The molecule has 0 saturated carbocycles. The maximum absolute atomic E-state index is 12.0. The number of nitrogens with zero attached hydrogens (tertiary/aromatic N) is 1. The number of carbonyl (C=O) groups is 2. The fraction of sp³-hybridized carbons (Fsp3) is 0.529. The van der Waals surface area contributed by atoms with E-state index in [1.54, 1.807) is 17.9 Å². The number of hydrogen-bond donors (Lipinski definition) is 2. The Balaban J connectivity index is 2.45. The van der Waals surface area contributed by atoms with Gasteiger partial charge in [-0.1, -0.05) is 0 Å². The lowest BCUT2D eigenvalue weighted by Gasteiger charge is -2.42. The molecule has 2 rings (SSSR count). The van der Waals surface area contributed by atoms with Crippen molar-refractivity contribution in [2.45, 2.75) is 39.2 Å². The summed E-state index contributed by atoms with van der Waals surface area (Å²) < 4.78 is 16.9. The summed E-state index contributed by atoms with van der Waals surface area (Å²) in [5.41, 5.74) is 6.14. The molecule has 1 heterocycles. The Bertz CT molecular complexity index is 630. The van der Waals surface area contributed by atoms with Gasteiger partial charge in [-0.2, -0.15) is 0 Å². The Labute approximate surface area is 146 Å². The molecule has 0 spiro atoms. The Hall–Kier alpha value is -2.32. The molecule has 1 amide bonds. The third-order valence-corrected chi connectivity index (χ3v) is 3.95. The van der Waals surface area contributed by atoms with Gasteiger partial charge in [0.25, 0.3) is 0 Å². The van der Waals surface area contributed by atoms with Gasteiger partial charge in [-0.25, -0.2) is 4.79 Å². The number of fused-ring (bicyclic) bond motifs is 1. The van der Waals surface area contributed by atoms with Crippen molar-refractivity contribution >= 4 is 17.6 Å². The first-order valence-electron chi connectivity index (χ1n) is 8.22. The van der Waals surface area contributed by atoms with Crippen LogP contribution in [0.3, 0.4) is 0 Å². The number of carboxylic acid groups (broad SMARTS) is 1. The van der Waals surface area contributed by atoms with Crippen molar-refractivity contribution in [3.05, 3.63) is 23.8 Å². The minimum absolute atomic E-state index is 0.0921. The fourth-order valence-electron chi connectivity index (χ4n) is 2.93. The third-order valence-electron chi connectivity index (χ3n) is 3.95. The molecular weight excluding hydrogens is 328 g/mol. The molecule has 0 saturated heterocycles. The van der Waals surface area contributed by atoms with Gasteiger partial charge in [0.1, 0.15) is 17.9 Å². The van der Waals surface area contributed by atoms with Crippen LogP contribution in [0.2, 0.25) is 0 Å². The first kappa shape index (κ1) is 19.0. The van der Waals surface area contributed by atoms with Crippen LogP contribution in [0.5, 0.6) is 5.75 Å². The third kappa shape index (κ3) is 4.21. The molecule has 0 aliphatic carbocycles. The van der Waals surface area contributed by atoms with Crippen molar-refractivity contribution in [3.8, 4) is 5.75 Å². The quantitative estimate of drug-likeness (QED) is 0.677. The number of ether oxygens (including phenoxy) is 3.